The molecule has 1 amide bonds. The number of hydrogen-bond donors (Lipinski definition) is 2. The van der Waals surface area contributed by atoms with Gasteiger partial charge in [-0.1, -0.05) is 0 Å². The summed E-state index contributed by atoms with van der Waals surface area (Å²) in [4.78, 5) is 19.0. The number of nitrogens with one attached hydrogen (secondary N) is 2. The van der Waals surface area contributed by atoms with Crippen molar-refractivity contribution in [2.24, 2.45) is 5.92 Å². The fourth-order valence-corrected chi connectivity index (χ4v) is 3.64. The Morgan fingerprint density at radius 3 is 3.08 bits per heavy atom. The average Bonchev–Trinajstić information content (AvgIpc) is 3.22. The fraction of sp³-hybridized carbons (Fsp3) is 0.500. The molecule has 25 heavy (non-hydrogen) atoms. The Kier molecular flexibility index (Phi) is 4.50. The topological polar surface area (TPSA) is 83.1 Å². The fourth-order valence-electron chi connectivity index (χ4n) is 3.64. The van der Waals surface area contributed by atoms with Crippen LogP contribution in [0.2, 0.25) is 0 Å². The van der Waals surface area contributed by atoms with Crippen LogP contribution >= 0.6 is 0 Å². The molecule has 1 saturated heterocycles. The van der Waals surface area contributed by atoms with E-state index in [0.717, 1.165) is 37.2 Å². The number of pyridine rings is 1. The molecule has 0 saturated carbocycles. The van der Waals surface area contributed by atoms with E-state index in [1.165, 1.54) is 5.56 Å². The molecule has 7 heteroatoms. The Hall–Kier alpha value is -2.25. The van der Waals surface area contributed by atoms with E-state index in [1.807, 2.05) is 12.1 Å². The molecule has 0 unspecified atom stereocenters. The van der Waals surface area contributed by atoms with Crippen LogP contribution in [0.15, 0.2) is 24.5 Å². The standard InChI is InChI=1S/C18H23N5O2/c1-23-7-4-15-14(9-23)17(22-21-15)18(24)20-16-11-25-10-13(16)8-12-2-5-19-6-3-12/h2-3,5-6,13,16H,4,7-11H2,1H3,(H,20,24)(H,21,22)/t13-,16+/m1/s1. The van der Waals surface area contributed by atoms with Gasteiger partial charge in [-0.15, -0.1) is 0 Å². The molecule has 2 aromatic heterocycles. The highest BCUT2D eigenvalue weighted by Crippen LogP contribution is 2.22. The molecule has 0 aliphatic carbocycles. The first-order valence-corrected chi connectivity index (χ1v) is 8.73. The molecule has 2 atom stereocenters. The number of fused-ring (bicyclic) bond motifs is 1. The number of rotatable bonds is 4. The predicted octanol–water partition coefficient (Wildman–Crippen LogP) is 0.780. The molecule has 2 aliphatic rings. The van der Waals surface area contributed by atoms with Gasteiger partial charge in [0.05, 0.1) is 19.3 Å². The lowest BCUT2D eigenvalue weighted by atomic mass is 9.95. The van der Waals surface area contributed by atoms with Gasteiger partial charge in [-0.05, 0) is 31.2 Å². The average molecular weight is 341 g/mol. The van der Waals surface area contributed by atoms with Crippen molar-refractivity contribution in [3.05, 3.63) is 47.0 Å². The number of aromatic nitrogens is 3. The van der Waals surface area contributed by atoms with Crippen LogP contribution in [0.4, 0.5) is 0 Å². The summed E-state index contributed by atoms with van der Waals surface area (Å²) in [5.41, 5.74) is 3.84. The number of likely N-dealkylation sites (N-methyl/N-ethyl adjacent to an activating group) is 1. The summed E-state index contributed by atoms with van der Waals surface area (Å²) in [5.74, 6) is 0.159. The number of nitrogens with zero attached hydrogens (tertiary/aromatic N) is 3. The molecule has 4 rings (SSSR count). The SMILES string of the molecule is CN1CCc2[nH]nc(C(=O)N[C@H]3COC[C@H]3Cc3ccncc3)c2C1. The second-order valence-corrected chi connectivity index (χ2v) is 6.95. The predicted molar refractivity (Wildman–Crippen MR) is 92.1 cm³/mol. The zero-order chi connectivity index (χ0) is 17.2. The van der Waals surface area contributed by atoms with E-state index in [4.69, 9.17) is 4.74 Å². The van der Waals surface area contributed by atoms with Gasteiger partial charge in [0.15, 0.2) is 5.69 Å². The first-order valence-electron chi connectivity index (χ1n) is 8.73. The van der Waals surface area contributed by atoms with Gasteiger partial charge < -0.3 is 15.0 Å². The van der Waals surface area contributed by atoms with Gasteiger partial charge >= 0.3 is 0 Å². The van der Waals surface area contributed by atoms with Gasteiger partial charge in [-0.2, -0.15) is 5.10 Å². The monoisotopic (exact) mass is 341 g/mol. The largest absolute Gasteiger partial charge is 0.379 e. The number of hydrogen-bond acceptors (Lipinski definition) is 5. The maximum Gasteiger partial charge on any atom is 0.272 e. The zero-order valence-corrected chi connectivity index (χ0v) is 14.4. The van der Waals surface area contributed by atoms with Gasteiger partial charge in [-0.3, -0.25) is 14.9 Å². The second-order valence-electron chi connectivity index (χ2n) is 6.95. The lowest BCUT2D eigenvalue weighted by Gasteiger charge is -2.23. The van der Waals surface area contributed by atoms with Crippen molar-refractivity contribution in [2.45, 2.75) is 25.4 Å². The minimum absolute atomic E-state index is 0.00864. The molecule has 0 aromatic carbocycles. The van der Waals surface area contributed by atoms with E-state index < -0.39 is 0 Å². The third kappa shape index (κ3) is 3.43. The Morgan fingerprint density at radius 2 is 2.24 bits per heavy atom. The summed E-state index contributed by atoms with van der Waals surface area (Å²) in [6.45, 7) is 2.96. The van der Waals surface area contributed by atoms with Crippen molar-refractivity contribution in [1.82, 2.24) is 25.4 Å². The van der Waals surface area contributed by atoms with Crippen molar-refractivity contribution in [2.75, 3.05) is 26.8 Å². The third-order valence-corrected chi connectivity index (χ3v) is 5.10. The number of ether oxygens (including phenoxy) is 1. The molecular weight excluding hydrogens is 318 g/mol. The highest BCUT2D eigenvalue weighted by molar-refractivity contribution is 5.94. The number of H-pyrrole nitrogens is 1. The maximum absolute atomic E-state index is 12.8. The molecule has 2 N–H and O–H groups in total. The smallest absolute Gasteiger partial charge is 0.272 e. The summed E-state index contributed by atoms with van der Waals surface area (Å²) in [6, 6.07) is 4.03. The Morgan fingerprint density at radius 1 is 1.40 bits per heavy atom. The molecule has 1 fully saturated rings. The van der Waals surface area contributed by atoms with E-state index >= 15 is 0 Å². The molecule has 4 heterocycles. The highest BCUT2D eigenvalue weighted by Gasteiger charge is 2.32. The first kappa shape index (κ1) is 16.2. The summed E-state index contributed by atoms with van der Waals surface area (Å²) < 4.78 is 5.62. The summed E-state index contributed by atoms with van der Waals surface area (Å²) in [7, 11) is 2.06. The Labute approximate surface area is 146 Å². The van der Waals surface area contributed by atoms with Crippen LogP contribution in [0.25, 0.3) is 0 Å². The molecule has 7 nitrogen and oxygen atoms in total. The number of aromatic amines is 1. The minimum Gasteiger partial charge on any atom is -0.379 e. The van der Waals surface area contributed by atoms with E-state index in [9.17, 15) is 4.79 Å². The zero-order valence-electron chi connectivity index (χ0n) is 14.4. The van der Waals surface area contributed by atoms with Gasteiger partial charge in [0.2, 0.25) is 0 Å². The van der Waals surface area contributed by atoms with Crippen LogP contribution in [0.5, 0.6) is 0 Å². The van der Waals surface area contributed by atoms with Crippen molar-refractivity contribution in [1.29, 1.82) is 0 Å². The Bertz CT molecular complexity index is 745. The van der Waals surface area contributed by atoms with Crippen molar-refractivity contribution >= 4 is 5.91 Å². The number of carbonyl (C=O) groups excluding carboxylic acids is 1. The third-order valence-electron chi connectivity index (χ3n) is 5.10. The normalized spacial score (nSPS) is 23.4. The minimum atomic E-state index is -0.108. The molecule has 0 bridgehead atoms. The van der Waals surface area contributed by atoms with E-state index in [0.29, 0.717) is 18.9 Å². The summed E-state index contributed by atoms with van der Waals surface area (Å²) in [6.07, 6.45) is 5.37. The van der Waals surface area contributed by atoms with Crippen molar-refractivity contribution in [3.8, 4) is 0 Å². The lowest BCUT2D eigenvalue weighted by Crippen LogP contribution is -2.41. The first-order chi connectivity index (χ1) is 12.2. The number of amides is 1. The number of carbonyl (C=O) groups is 1. The molecular formula is C18H23N5O2. The van der Waals surface area contributed by atoms with Crippen LogP contribution in [0.1, 0.15) is 27.3 Å². The summed E-state index contributed by atoms with van der Waals surface area (Å²) >= 11 is 0. The van der Waals surface area contributed by atoms with Crippen LogP contribution in [0.3, 0.4) is 0 Å². The van der Waals surface area contributed by atoms with Gasteiger partial charge in [0, 0.05) is 49.1 Å². The van der Waals surface area contributed by atoms with E-state index in [-0.39, 0.29) is 17.9 Å². The molecule has 0 spiro atoms. The van der Waals surface area contributed by atoms with Crippen LogP contribution in [-0.4, -0.2) is 58.8 Å². The van der Waals surface area contributed by atoms with Gasteiger partial charge in [0.1, 0.15) is 0 Å². The van der Waals surface area contributed by atoms with Gasteiger partial charge in [0.25, 0.3) is 5.91 Å². The van der Waals surface area contributed by atoms with E-state index in [2.05, 4.69) is 32.4 Å². The highest BCUT2D eigenvalue weighted by atomic mass is 16.5. The molecule has 0 radical (unpaired) electrons. The van der Waals surface area contributed by atoms with Crippen molar-refractivity contribution < 1.29 is 9.53 Å². The molecule has 2 aromatic rings. The van der Waals surface area contributed by atoms with Crippen LogP contribution in [0, 0.1) is 5.92 Å². The quantitative estimate of drug-likeness (QED) is 0.859. The Balaban J connectivity index is 1.44. The molecule has 2 aliphatic heterocycles. The van der Waals surface area contributed by atoms with Crippen LogP contribution < -0.4 is 5.32 Å². The van der Waals surface area contributed by atoms with Crippen molar-refractivity contribution in [3.63, 3.8) is 0 Å². The van der Waals surface area contributed by atoms with E-state index in [1.54, 1.807) is 12.4 Å². The maximum atomic E-state index is 12.8. The van der Waals surface area contributed by atoms with Gasteiger partial charge in [-0.25, -0.2) is 0 Å². The lowest BCUT2D eigenvalue weighted by molar-refractivity contribution is 0.0918. The molecule has 132 valence electrons. The summed E-state index contributed by atoms with van der Waals surface area (Å²) in [5, 5.41) is 10.4. The van der Waals surface area contributed by atoms with Crippen LogP contribution in [-0.2, 0) is 24.1 Å². The second kappa shape index (κ2) is 6.93.